The van der Waals surface area contributed by atoms with Gasteiger partial charge in [-0.25, -0.2) is 4.79 Å². The van der Waals surface area contributed by atoms with E-state index in [1.54, 1.807) is 0 Å². The maximum Gasteiger partial charge on any atom is 0.338 e. The fourth-order valence-electron chi connectivity index (χ4n) is 1.67. The first-order valence-corrected chi connectivity index (χ1v) is 6.59. The van der Waals surface area contributed by atoms with Crippen LogP contribution in [0.4, 0.5) is 5.69 Å². The molecule has 1 aromatic rings. The number of rotatable bonds is 7. The first-order chi connectivity index (χ1) is 8.65. The van der Waals surface area contributed by atoms with Crippen molar-refractivity contribution in [3.8, 4) is 0 Å². The monoisotopic (exact) mass is 249 g/mol. The molecular weight excluding hydrogens is 226 g/mol. The Bertz CT molecular complexity index is 357. The summed E-state index contributed by atoms with van der Waals surface area (Å²) in [6, 6.07) is 7.47. The number of ether oxygens (including phenoxy) is 1. The third-order valence-corrected chi connectivity index (χ3v) is 2.85. The van der Waals surface area contributed by atoms with Gasteiger partial charge >= 0.3 is 5.97 Å². The molecule has 3 heteroatoms. The Morgan fingerprint density at radius 1 is 1.11 bits per heavy atom. The van der Waals surface area contributed by atoms with E-state index in [0.717, 1.165) is 18.5 Å². The summed E-state index contributed by atoms with van der Waals surface area (Å²) in [4.78, 5) is 13.7. The van der Waals surface area contributed by atoms with Crippen LogP contribution >= 0.6 is 0 Å². The lowest BCUT2D eigenvalue weighted by atomic mass is 10.2. The molecule has 0 radical (unpaired) electrons. The Labute approximate surface area is 110 Å². The Balaban J connectivity index is 2.37. The average Bonchev–Trinajstić information content (AvgIpc) is 2.38. The lowest BCUT2D eigenvalue weighted by Crippen LogP contribution is -2.10. The highest BCUT2D eigenvalue weighted by Gasteiger charge is 2.06. The summed E-state index contributed by atoms with van der Waals surface area (Å²) in [6.45, 7) is 2.69. The third kappa shape index (κ3) is 4.78. The molecule has 1 aromatic carbocycles. The fraction of sp³-hybridized carbons (Fsp3) is 0.533. The Morgan fingerprint density at radius 2 is 1.78 bits per heavy atom. The van der Waals surface area contributed by atoms with Gasteiger partial charge in [0.1, 0.15) is 0 Å². The molecule has 0 saturated carbocycles. The molecule has 0 saturated heterocycles. The molecule has 0 fully saturated rings. The highest BCUT2D eigenvalue weighted by atomic mass is 16.5. The number of nitrogens with zero attached hydrogens (tertiary/aromatic N) is 1. The van der Waals surface area contributed by atoms with E-state index in [4.69, 9.17) is 4.74 Å². The first kappa shape index (κ1) is 14.6. The van der Waals surface area contributed by atoms with E-state index in [9.17, 15) is 4.79 Å². The van der Waals surface area contributed by atoms with Gasteiger partial charge in [0, 0.05) is 19.8 Å². The molecule has 0 aliphatic carbocycles. The number of unbranched alkanes of at least 4 members (excludes halogenated alkanes) is 3. The molecule has 0 atom stereocenters. The van der Waals surface area contributed by atoms with Crippen molar-refractivity contribution < 1.29 is 9.53 Å². The van der Waals surface area contributed by atoms with E-state index >= 15 is 0 Å². The highest BCUT2D eigenvalue weighted by Crippen LogP contribution is 2.13. The van der Waals surface area contributed by atoms with Gasteiger partial charge in [0.15, 0.2) is 0 Å². The Kier molecular flexibility index (Phi) is 6.26. The number of benzene rings is 1. The average molecular weight is 249 g/mol. The second-order valence-corrected chi connectivity index (χ2v) is 4.64. The highest BCUT2D eigenvalue weighted by molar-refractivity contribution is 5.89. The van der Waals surface area contributed by atoms with Crippen LogP contribution in [0.1, 0.15) is 43.0 Å². The van der Waals surface area contributed by atoms with Crippen LogP contribution in [0.25, 0.3) is 0 Å². The summed E-state index contributed by atoms with van der Waals surface area (Å²) in [5, 5.41) is 0. The van der Waals surface area contributed by atoms with Gasteiger partial charge in [-0.15, -0.1) is 0 Å². The quantitative estimate of drug-likeness (QED) is 0.547. The van der Waals surface area contributed by atoms with Crippen molar-refractivity contribution in [1.29, 1.82) is 0 Å². The number of anilines is 1. The second-order valence-electron chi connectivity index (χ2n) is 4.64. The van der Waals surface area contributed by atoms with Gasteiger partial charge in [0.2, 0.25) is 0 Å². The maximum atomic E-state index is 11.7. The number of carbonyl (C=O) groups excluding carboxylic acids is 1. The minimum absolute atomic E-state index is 0.225. The van der Waals surface area contributed by atoms with E-state index in [0.29, 0.717) is 12.2 Å². The molecule has 0 amide bonds. The van der Waals surface area contributed by atoms with Gasteiger partial charge < -0.3 is 9.64 Å². The number of hydrogen-bond acceptors (Lipinski definition) is 3. The van der Waals surface area contributed by atoms with Crippen LogP contribution in [0.3, 0.4) is 0 Å². The lowest BCUT2D eigenvalue weighted by Gasteiger charge is -2.12. The molecule has 0 heterocycles. The van der Waals surface area contributed by atoms with Gasteiger partial charge in [0.05, 0.1) is 12.2 Å². The maximum absolute atomic E-state index is 11.7. The first-order valence-electron chi connectivity index (χ1n) is 6.59. The van der Waals surface area contributed by atoms with E-state index in [-0.39, 0.29) is 5.97 Å². The summed E-state index contributed by atoms with van der Waals surface area (Å²) in [6.07, 6.45) is 4.48. The normalized spacial score (nSPS) is 10.2. The minimum atomic E-state index is -0.225. The van der Waals surface area contributed by atoms with Gasteiger partial charge in [-0.3, -0.25) is 0 Å². The summed E-state index contributed by atoms with van der Waals surface area (Å²) in [5.74, 6) is -0.225. The zero-order valence-electron chi connectivity index (χ0n) is 11.6. The SMILES string of the molecule is CCCCCCOC(=O)c1ccc(N(C)C)cc1. The molecule has 100 valence electrons. The number of carbonyl (C=O) groups is 1. The summed E-state index contributed by atoms with van der Waals surface area (Å²) >= 11 is 0. The largest absolute Gasteiger partial charge is 0.462 e. The van der Waals surface area contributed by atoms with Crippen molar-refractivity contribution in [2.75, 3.05) is 25.6 Å². The minimum Gasteiger partial charge on any atom is -0.462 e. The second kappa shape index (κ2) is 7.75. The van der Waals surface area contributed by atoms with Crippen molar-refractivity contribution in [3.05, 3.63) is 29.8 Å². The topological polar surface area (TPSA) is 29.5 Å². The van der Waals surface area contributed by atoms with E-state index in [2.05, 4.69) is 6.92 Å². The summed E-state index contributed by atoms with van der Waals surface area (Å²) in [5.41, 5.74) is 1.70. The molecule has 18 heavy (non-hydrogen) atoms. The van der Waals surface area contributed by atoms with Gasteiger partial charge in [-0.1, -0.05) is 26.2 Å². The predicted molar refractivity (Wildman–Crippen MR) is 75.2 cm³/mol. The van der Waals surface area contributed by atoms with Crippen LogP contribution < -0.4 is 4.90 Å². The molecule has 0 aromatic heterocycles. The van der Waals surface area contributed by atoms with Crippen LogP contribution in [-0.2, 0) is 4.74 Å². The van der Waals surface area contributed by atoms with E-state index < -0.39 is 0 Å². The van der Waals surface area contributed by atoms with Crippen LogP contribution in [-0.4, -0.2) is 26.7 Å². The molecule has 0 unspecified atom stereocenters. The van der Waals surface area contributed by atoms with Crippen LogP contribution in [0.15, 0.2) is 24.3 Å². The van der Waals surface area contributed by atoms with E-state index in [1.807, 2.05) is 43.3 Å². The van der Waals surface area contributed by atoms with Crippen LogP contribution in [0.5, 0.6) is 0 Å². The zero-order valence-corrected chi connectivity index (χ0v) is 11.6. The van der Waals surface area contributed by atoms with E-state index in [1.165, 1.54) is 12.8 Å². The van der Waals surface area contributed by atoms with Crippen LogP contribution in [0, 0.1) is 0 Å². The molecular formula is C15H23NO2. The number of hydrogen-bond donors (Lipinski definition) is 0. The van der Waals surface area contributed by atoms with Gasteiger partial charge in [-0.05, 0) is 30.7 Å². The molecule has 1 rings (SSSR count). The van der Waals surface area contributed by atoms with Gasteiger partial charge in [0.25, 0.3) is 0 Å². The predicted octanol–water partition coefficient (Wildman–Crippen LogP) is 3.49. The third-order valence-electron chi connectivity index (χ3n) is 2.85. The van der Waals surface area contributed by atoms with Crippen molar-refractivity contribution >= 4 is 11.7 Å². The fourth-order valence-corrected chi connectivity index (χ4v) is 1.67. The molecule has 0 bridgehead atoms. The smallest absolute Gasteiger partial charge is 0.338 e. The number of esters is 1. The molecule has 0 aliphatic rings. The van der Waals surface area contributed by atoms with Crippen molar-refractivity contribution in [3.63, 3.8) is 0 Å². The van der Waals surface area contributed by atoms with Crippen molar-refractivity contribution in [1.82, 2.24) is 0 Å². The summed E-state index contributed by atoms with van der Waals surface area (Å²) in [7, 11) is 3.95. The van der Waals surface area contributed by atoms with Crippen LogP contribution in [0.2, 0.25) is 0 Å². The Morgan fingerprint density at radius 3 is 2.33 bits per heavy atom. The van der Waals surface area contributed by atoms with Gasteiger partial charge in [-0.2, -0.15) is 0 Å². The molecule has 0 spiro atoms. The lowest BCUT2D eigenvalue weighted by molar-refractivity contribution is 0.0498. The van der Waals surface area contributed by atoms with Crippen molar-refractivity contribution in [2.24, 2.45) is 0 Å². The summed E-state index contributed by atoms with van der Waals surface area (Å²) < 4.78 is 5.22. The Hall–Kier alpha value is -1.51. The molecule has 0 N–H and O–H groups in total. The molecule has 0 aliphatic heterocycles. The molecule has 3 nitrogen and oxygen atoms in total. The zero-order chi connectivity index (χ0) is 13.4. The standard InChI is InChI=1S/C15H23NO2/c1-4-5-6-7-12-18-15(17)13-8-10-14(11-9-13)16(2)3/h8-11H,4-7,12H2,1-3H3. The van der Waals surface area contributed by atoms with Crippen molar-refractivity contribution in [2.45, 2.75) is 32.6 Å².